The van der Waals surface area contributed by atoms with Gasteiger partial charge in [0.2, 0.25) is 10.0 Å². The van der Waals surface area contributed by atoms with E-state index in [1.165, 1.54) is 16.4 Å². The Morgan fingerprint density at radius 2 is 1.64 bits per heavy atom. The number of hydroxylamine groups is 1. The second-order valence-corrected chi connectivity index (χ2v) is 9.29. The quantitative estimate of drug-likeness (QED) is 0.515. The summed E-state index contributed by atoms with van der Waals surface area (Å²) in [6.07, 6.45) is 2.60. The highest BCUT2D eigenvalue weighted by molar-refractivity contribution is 9.10. The third-order valence-electron chi connectivity index (χ3n) is 4.60. The van der Waals surface area contributed by atoms with Gasteiger partial charge in [0.15, 0.2) is 0 Å². The Balaban J connectivity index is 1.82. The first-order valence-electron chi connectivity index (χ1n) is 8.91. The summed E-state index contributed by atoms with van der Waals surface area (Å²) in [5, 5.41) is 8.99. The lowest BCUT2D eigenvalue weighted by molar-refractivity contribution is -0.133. The van der Waals surface area contributed by atoms with E-state index in [4.69, 9.17) is 9.94 Å². The molecule has 150 valence electrons. The van der Waals surface area contributed by atoms with Crippen molar-refractivity contribution in [3.8, 4) is 11.5 Å². The molecule has 9 heteroatoms. The number of rotatable bonds is 5. The van der Waals surface area contributed by atoms with Gasteiger partial charge in [-0.1, -0.05) is 28.8 Å². The third kappa shape index (κ3) is 4.72. The van der Waals surface area contributed by atoms with Crippen molar-refractivity contribution in [2.75, 3.05) is 6.54 Å². The summed E-state index contributed by atoms with van der Waals surface area (Å²) >= 11 is 3.35. The van der Waals surface area contributed by atoms with Crippen molar-refractivity contribution in [2.24, 2.45) is 0 Å². The molecule has 3 rings (SSSR count). The van der Waals surface area contributed by atoms with Crippen molar-refractivity contribution < 1.29 is 23.2 Å². The lowest BCUT2D eigenvalue weighted by Gasteiger charge is -2.27. The van der Waals surface area contributed by atoms with Crippen LogP contribution in [-0.2, 0) is 14.8 Å². The van der Waals surface area contributed by atoms with Gasteiger partial charge in [-0.05, 0) is 61.4 Å². The van der Waals surface area contributed by atoms with E-state index in [1.54, 1.807) is 29.7 Å². The molecule has 0 aromatic heterocycles. The van der Waals surface area contributed by atoms with Gasteiger partial charge >= 0.3 is 0 Å². The molecule has 0 aliphatic carbocycles. The number of carbonyl (C=O) groups excluding carboxylic acids is 1. The van der Waals surface area contributed by atoms with Crippen molar-refractivity contribution in [2.45, 2.75) is 36.6 Å². The van der Waals surface area contributed by atoms with E-state index in [2.05, 4.69) is 15.9 Å². The molecule has 1 unspecified atom stereocenters. The van der Waals surface area contributed by atoms with Crippen LogP contribution in [0.25, 0.3) is 0 Å². The van der Waals surface area contributed by atoms with Crippen molar-refractivity contribution in [3.05, 3.63) is 53.0 Å². The van der Waals surface area contributed by atoms with Crippen LogP contribution >= 0.6 is 15.9 Å². The second kappa shape index (κ2) is 9.04. The van der Waals surface area contributed by atoms with E-state index in [1.807, 2.05) is 12.1 Å². The van der Waals surface area contributed by atoms with E-state index < -0.39 is 22.0 Å². The maximum atomic E-state index is 13.1. The lowest BCUT2D eigenvalue weighted by Crippen LogP contribution is -2.48. The molecule has 2 N–H and O–H groups in total. The van der Waals surface area contributed by atoms with E-state index in [9.17, 15) is 13.2 Å². The van der Waals surface area contributed by atoms with Crippen LogP contribution in [0.1, 0.15) is 25.7 Å². The van der Waals surface area contributed by atoms with Gasteiger partial charge in [-0.3, -0.25) is 10.0 Å². The molecule has 0 saturated carbocycles. The number of nitrogens with zero attached hydrogens (tertiary/aromatic N) is 1. The lowest BCUT2D eigenvalue weighted by atomic mass is 10.1. The van der Waals surface area contributed by atoms with Gasteiger partial charge in [0.1, 0.15) is 17.5 Å². The average Bonchev–Trinajstić information content (AvgIpc) is 2.96. The van der Waals surface area contributed by atoms with Crippen LogP contribution in [0.15, 0.2) is 57.9 Å². The fourth-order valence-corrected chi connectivity index (χ4v) is 5.08. The molecule has 0 bridgehead atoms. The average molecular weight is 469 g/mol. The third-order valence-corrected chi connectivity index (χ3v) is 7.05. The fourth-order valence-electron chi connectivity index (χ4n) is 3.16. The maximum Gasteiger partial charge on any atom is 0.261 e. The van der Waals surface area contributed by atoms with E-state index in [-0.39, 0.29) is 11.4 Å². The van der Waals surface area contributed by atoms with Crippen LogP contribution in [0.5, 0.6) is 11.5 Å². The molecular formula is C19H21BrN2O5S. The summed E-state index contributed by atoms with van der Waals surface area (Å²) in [7, 11) is -3.89. The van der Waals surface area contributed by atoms with E-state index >= 15 is 0 Å². The van der Waals surface area contributed by atoms with Crippen LogP contribution in [0.2, 0.25) is 0 Å². The number of sulfonamides is 1. The van der Waals surface area contributed by atoms with Gasteiger partial charge < -0.3 is 4.74 Å². The number of hydrogen-bond donors (Lipinski definition) is 2. The molecule has 0 radical (unpaired) electrons. The smallest absolute Gasteiger partial charge is 0.261 e. The summed E-state index contributed by atoms with van der Waals surface area (Å²) in [5.41, 5.74) is 1.59. The predicted octanol–water partition coefficient (Wildman–Crippen LogP) is 3.68. The highest BCUT2D eigenvalue weighted by Crippen LogP contribution is 2.28. The standard InChI is InChI=1S/C19H21BrN2O5S/c20-14-5-7-15(8-6-14)27-16-9-11-17(12-10-16)28(25,26)22-13-3-1-2-4-18(22)19(23)21-24/h5-12,18,24H,1-4,13H2,(H,21,23). The molecule has 1 amide bonds. The molecular weight excluding hydrogens is 448 g/mol. The molecule has 1 atom stereocenters. The Morgan fingerprint density at radius 3 is 2.25 bits per heavy atom. The van der Waals surface area contributed by atoms with Gasteiger partial charge in [0.05, 0.1) is 4.90 Å². The van der Waals surface area contributed by atoms with Crippen LogP contribution in [0.4, 0.5) is 0 Å². The topological polar surface area (TPSA) is 95.9 Å². The first kappa shape index (κ1) is 20.8. The minimum atomic E-state index is -3.89. The van der Waals surface area contributed by atoms with Crippen LogP contribution in [0, 0.1) is 0 Å². The molecule has 1 aliphatic heterocycles. The monoisotopic (exact) mass is 468 g/mol. The fraction of sp³-hybridized carbons (Fsp3) is 0.316. The largest absolute Gasteiger partial charge is 0.457 e. The molecule has 2 aromatic carbocycles. The molecule has 1 heterocycles. The molecule has 1 aliphatic rings. The number of carbonyl (C=O) groups is 1. The molecule has 1 saturated heterocycles. The minimum absolute atomic E-state index is 0.0771. The molecule has 1 fully saturated rings. The first-order chi connectivity index (χ1) is 13.4. The van der Waals surface area contributed by atoms with Gasteiger partial charge in [0, 0.05) is 11.0 Å². The first-order valence-corrected chi connectivity index (χ1v) is 11.1. The SMILES string of the molecule is O=C(NO)C1CCCCCN1S(=O)(=O)c1ccc(Oc2ccc(Br)cc2)cc1. The minimum Gasteiger partial charge on any atom is -0.457 e. The van der Waals surface area contributed by atoms with Crippen molar-refractivity contribution in [1.82, 2.24) is 9.79 Å². The van der Waals surface area contributed by atoms with Gasteiger partial charge in [-0.15, -0.1) is 0 Å². The second-order valence-electron chi connectivity index (χ2n) is 6.48. The molecule has 2 aromatic rings. The Hall–Kier alpha value is -1.94. The number of ether oxygens (including phenoxy) is 1. The Bertz CT molecular complexity index is 916. The summed E-state index contributed by atoms with van der Waals surface area (Å²) in [5.74, 6) is 0.425. The van der Waals surface area contributed by atoms with Gasteiger partial charge in [0.25, 0.3) is 5.91 Å². The van der Waals surface area contributed by atoms with Crippen LogP contribution < -0.4 is 10.2 Å². The molecule has 7 nitrogen and oxygen atoms in total. The normalized spacial score (nSPS) is 18.3. The van der Waals surface area contributed by atoms with Crippen molar-refractivity contribution in [1.29, 1.82) is 0 Å². The Labute approximate surface area is 172 Å². The number of benzene rings is 2. The van der Waals surface area contributed by atoms with Crippen LogP contribution in [0.3, 0.4) is 0 Å². The summed E-state index contributed by atoms with van der Waals surface area (Å²) in [6, 6.07) is 12.4. The number of amides is 1. The zero-order valence-electron chi connectivity index (χ0n) is 15.0. The highest BCUT2D eigenvalue weighted by Gasteiger charge is 2.36. The maximum absolute atomic E-state index is 13.1. The van der Waals surface area contributed by atoms with E-state index in [0.717, 1.165) is 17.3 Å². The van der Waals surface area contributed by atoms with Crippen molar-refractivity contribution in [3.63, 3.8) is 0 Å². The number of nitrogens with one attached hydrogen (secondary N) is 1. The number of halogens is 1. The summed E-state index contributed by atoms with van der Waals surface area (Å²) < 4.78 is 34.0. The number of hydrogen-bond acceptors (Lipinski definition) is 5. The summed E-state index contributed by atoms with van der Waals surface area (Å²) in [4.78, 5) is 12.1. The van der Waals surface area contributed by atoms with Gasteiger partial charge in [-0.25, -0.2) is 13.9 Å². The van der Waals surface area contributed by atoms with Crippen molar-refractivity contribution >= 4 is 31.9 Å². The molecule has 28 heavy (non-hydrogen) atoms. The Morgan fingerprint density at radius 1 is 1.04 bits per heavy atom. The van der Waals surface area contributed by atoms with Crippen LogP contribution in [-0.4, -0.2) is 36.4 Å². The highest BCUT2D eigenvalue weighted by atomic mass is 79.9. The molecule has 0 spiro atoms. The zero-order chi connectivity index (χ0) is 20.1. The zero-order valence-corrected chi connectivity index (χ0v) is 17.4. The van der Waals surface area contributed by atoms with Gasteiger partial charge in [-0.2, -0.15) is 4.31 Å². The predicted molar refractivity (Wildman–Crippen MR) is 107 cm³/mol. The van der Waals surface area contributed by atoms with E-state index in [0.29, 0.717) is 24.3 Å². The summed E-state index contributed by atoms with van der Waals surface area (Å²) in [6.45, 7) is 0.234. The Kier molecular flexibility index (Phi) is 6.71.